The van der Waals surface area contributed by atoms with E-state index < -0.39 is 23.1 Å². The van der Waals surface area contributed by atoms with Crippen molar-refractivity contribution >= 4 is 18.3 Å². The number of hydrogen-bond acceptors (Lipinski definition) is 4. The molecule has 1 aliphatic rings. The van der Waals surface area contributed by atoms with Gasteiger partial charge in [0, 0.05) is 13.2 Å². The van der Waals surface area contributed by atoms with Crippen molar-refractivity contribution in [1.82, 2.24) is 4.31 Å². The third-order valence-electron chi connectivity index (χ3n) is 6.37. The number of nitriles is 1. The first-order chi connectivity index (χ1) is 13.1. The molecule has 0 saturated carbocycles. The van der Waals surface area contributed by atoms with Gasteiger partial charge in [0.2, 0.25) is 10.0 Å². The first-order valence-corrected chi connectivity index (χ1v) is 14.7. The lowest BCUT2D eigenvalue weighted by molar-refractivity contribution is 0.223. The van der Waals surface area contributed by atoms with Crippen LogP contribution in [0.25, 0.3) is 0 Å². The van der Waals surface area contributed by atoms with Crippen molar-refractivity contribution in [2.24, 2.45) is 0 Å². The highest BCUT2D eigenvalue weighted by Gasteiger charge is 2.43. The van der Waals surface area contributed by atoms with Crippen molar-refractivity contribution in [3.8, 4) is 6.07 Å². The Hall–Kier alpha value is -1.20. The van der Waals surface area contributed by atoms with Crippen LogP contribution in [-0.4, -0.2) is 38.9 Å². The van der Waals surface area contributed by atoms with Crippen molar-refractivity contribution in [2.75, 3.05) is 13.2 Å². The van der Waals surface area contributed by atoms with Crippen LogP contribution in [0.15, 0.2) is 18.2 Å². The van der Waals surface area contributed by atoms with Crippen molar-refractivity contribution in [3.63, 3.8) is 0 Å². The Kier molecular flexibility index (Phi) is 6.76. The van der Waals surface area contributed by atoms with Crippen LogP contribution in [0.1, 0.15) is 70.7 Å². The fourth-order valence-corrected chi connectivity index (χ4v) is 6.05. The molecule has 1 aliphatic carbocycles. The Morgan fingerprint density at radius 2 is 1.83 bits per heavy atom. The standard InChI is InChI=1S/C22H36N2O3SSi/c1-21(2,3)28(25,26)24(14-15-27-29(7,8)22(4,5)6)20-13-12-18-17(16-23)10-9-11-19(18)20/h9-11,20H,12-15H2,1-8H3. The molecular formula is C22H36N2O3SSi. The predicted molar refractivity (Wildman–Crippen MR) is 121 cm³/mol. The number of nitrogens with zero attached hydrogens (tertiary/aromatic N) is 2. The minimum absolute atomic E-state index is 0.0718. The molecule has 1 aromatic rings. The molecule has 0 amide bonds. The van der Waals surface area contributed by atoms with Crippen LogP contribution in [0, 0.1) is 11.3 Å². The summed E-state index contributed by atoms with van der Waals surface area (Å²) in [5.74, 6) is 0. The second kappa shape index (κ2) is 8.14. The molecule has 162 valence electrons. The first-order valence-electron chi connectivity index (χ1n) is 10.3. The minimum Gasteiger partial charge on any atom is -0.415 e. The number of benzene rings is 1. The summed E-state index contributed by atoms with van der Waals surface area (Å²) in [5, 5.41) is 9.50. The second-order valence-electron chi connectivity index (χ2n) is 10.4. The Morgan fingerprint density at radius 1 is 1.21 bits per heavy atom. The Balaban J connectivity index is 2.37. The maximum atomic E-state index is 13.5. The highest BCUT2D eigenvalue weighted by molar-refractivity contribution is 7.90. The lowest BCUT2D eigenvalue weighted by Gasteiger charge is -2.38. The molecule has 29 heavy (non-hydrogen) atoms. The van der Waals surface area contributed by atoms with Crippen LogP contribution in [0.3, 0.4) is 0 Å². The van der Waals surface area contributed by atoms with Gasteiger partial charge in [0.1, 0.15) is 0 Å². The van der Waals surface area contributed by atoms with Gasteiger partial charge in [-0.1, -0.05) is 32.9 Å². The maximum absolute atomic E-state index is 13.5. The minimum atomic E-state index is -3.55. The topological polar surface area (TPSA) is 70.4 Å². The molecule has 1 atom stereocenters. The molecule has 0 radical (unpaired) electrons. The highest BCUT2D eigenvalue weighted by Crippen LogP contribution is 2.41. The maximum Gasteiger partial charge on any atom is 0.219 e. The molecule has 1 aromatic carbocycles. The molecule has 0 aromatic heterocycles. The van der Waals surface area contributed by atoms with Gasteiger partial charge in [0.05, 0.1) is 22.4 Å². The van der Waals surface area contributed by atoms with Gasteiger partial charge in [0.25, 0.3) is 0 Å². The number of hydrogen-bond donors (Lipinski definition) is 0. The second-order valence-corrected chi connectivity index (χ2v) is 17.8. The van der Waals surface area contributed by atoms with Crippen molar-refractivity contribution in [1.29, 1.82) is 5.26 Å². The Morgan fingerprint density at radius 3 is 2.34 bits per heavy atom. The third-order valence-corrected chi connectivity index (χ3v) is 13.5. The van der Waals surface area contributed by atoms with Crippen LogP contribution in [0.5, 0.6) is 0 Å². The molecule has 0 saturated heterocycles. The highest BCUT2D eigenvalue weighted by atomic mass is 32.2. The molecule has 0 aliphatic heterocycles. The zero-order valence-electron chi connectivity index (χ0n) is 19.2. The lowest BCUT2D eigenvalue weighted by atomic mass is 10.0. The summed E-state index contributed by atoms with van der Waals surface area (Å²) >= 11 is 0. The van der Waals surface area contributed by atoms with E-state index in [1.54, 1.807) is 25.1 Å². The summed E-state index contributed by atoms with van der Waals surface area (Å²) in [5.41, 5.74) is 2.60. The molecule has 0 heterocycles. The number of fused-ring (bicyclic) bond motifs is 1. The van der Waals surface area contributed by atoms with Gasteiger partial charge >= 0.3 is 0 Å². The summed E-state index contributed by atoms with van der Waals surface area (Å²) < 4.78 is 34.0. The lowest BCUT2D eigenvalue weighted by Crippen LogP contribution is -2.48. The summed E-state index contributed by atoms with van der Waals surface area (Å²) in [7, 11) is -5.52. The number of sulfonamides is 1. The van der Waals surface area contributed by atoms with Gasteiger partial charge in [-0.15, -0.1) is 0 Å². The fourth-order valence-electron chi connectivity index (χ4n) is 3.44. The summed E-state index contributed by atoms with van der Waals surface area (Å²) in [4.78, 5) is 0. The normalized spacial score (nSPS) is 18.0. The van der Waals surface area contributed by atoms with Crippen LogP contribution in [0.4, 0.5) is 0 Å². The summed E-state index contributed by atoms with van der Waals surface area (Å²) in [6, 6.07) is 7.63. The van der Waals surface area contributed by atoms with E-state index in [2.05, 4.69) is 39.9 Å². The van der Waals surface area contributed by atoms with E-state index in [0.717, 1.165) is 17.5 Å². The average Bonchev–Trinajstić information content (AvgIpc) is 3.00. The van der Waals surface area contributed by atoms with E-state index in [-0.39, 0.29) is 11.1 Å². The van der Waals surface area contributed by atoms with E-state index in [9.17, 15) is 13.7 Å². The van der Waals surface area contributed by atoms with E-state index in [1.165, 1.54) is 0 Å². The van der Waals surface area contributed by atoms with Crippen molar-refractivity contribution in [3.05, 3.63) is 34.9 Å². The summed E-state index contributed by atoms with van der Waals surface area (Å²) in [6.07, 6.45) is 1.42. The molecule has 2 rings (SSSR count). The molecule has 5 nitrogen and oxygen atoms in total. The fraction of sp³-hybridized carbons (Fsp3) is 0.682. The molecule has 0 spiro atoms. The van der Waals surface area contributed by atoms with Crippen LogP contribution >= 0.6 is 0 Å². The zero-order chi connectivity index (χ0) is 22.3. The molecule has 0 bridgehead atoms. The Bertz CT molecular complexity index is 890. The van der Waals surface area contributed by atoms with Crippen molar-refractivity contribution < 1.29 is 12.8 Å². The van der Waals surface area contributed by atoms with Crippen LogP contribution < -0.4 is 0 Å². The average molecular weight is 437 g/mol. The van der Waals surface area contributed by atoms with Crippen LogP contribution in [-0.2, 0) is 20.9 Å². The smallest absolute Gasteiger partial charge is 0.219 e. The quantitative estimate of drug-likeness (QED) is 0.589. The molecular weight excluding hydrogens is 400 g/mol. The van der Waals surface area contributed by atoms with Gasteiger partial charge < -0.3 is 4.43 Å². The van der Waals surface area contributed by atoms with Gasteiger partial charge in [-0.2, -0.15) is 9.57 Å². The van der Waals surface area contributed by atoms with Crippen LogP contribution in [0.2, 0.25) is 18.1 Å². The molecule has 7 heteroatoms. The van der Waals surface area contributed by atoms with E-state index >= 15 is 0 Å². The van der Waals surface area contributed by atoms with Gasteiger partial charge in [0.15, 0.2) is 8.32 Å². The SMILES string of the molecule is CC(C)(C)[Si](C)(C)OCCN(C1CCc2c(C#N)cccc21)S(=O)(=O)C(C)(C)C. The van der Waals surface area contributed by atoms with Gasteiger partial charge in [-0.25, -0.2) is 8.42 Å². The zero-order valence-corrected chi connectivity index (χ0v) is 21.0. The summed E-state index contributed by atoms with van der Waals surface area (Å²) in [6.45, 7) is 16.8. The van der Waals surface area contributed by atoms with E-state index in [4.69, 9.17) is 4.43 Å². The largest absolute Gasteiger partial charge is 0.415 e. The number of rotatable bonds is 6. The Labute approximate surface area is 178 Å². The molecule has 1 unspecified atom stereocenters. The van der Waals surface area contributed by atoms with Gasteiger partial charge in [-0.05, 0) is 68.9 Å². The first kappa shape index (κ1) is 24.1. The van der Waals surface area contributed by atoms with Gasteiger partial charge in [-0.3, -0.25) is 0 Å². The van der Waals surface area contributed by atoms with Crippen molar-refractivity contribution in [2.45, 2.75) is 83.3 Å². The monoisotopic (exact) mass is 436 g/mol. The molecule has 0 fully saturated rings. The van der Waals surface area contributed by atoms with E-state index in [0.29, 0.717) is 25.1 Å². The predicted octanol–water partition coefficient (Wildman–Crippen LogP) is 5.00. The van der Waals surface area contributed by atoms with E-state index in [1.807, 2.05) is 18.2 Å². The third kappa shape index (κ3) is 4.77. The molecule has 0 N–H and O–H groups in total.